The first-order valence-corrected chi connectivity index (χ1v) is 5.94. The van der Waals surface area contributed by atoms with Gasteiger partial charge in [-0.15, -0.1) is 0 Å². The summed E-state index contributed by atoms with van der Waals surface area (Å²) >= 11 is 0. The smallest absolute Gasteiger partial charge is 0.274 e. The molecule has 0 aromatic heterocycles. The zero-order valence-corrected chi connectivity index (χ0v) is 11.6. The summed E-state index contributed by atoms with van der Waals surface area (Å²) in [5.74, 6) is -0.256. The first kappa shape index (κ1) is 15.1. The fraction of sp³-hybridized carbons (Fsp3) is 0.462. The SMILES string of the molecule is Cc1cc(C)c([N+](=O)[O-])cc1NC(=O)CC(C)(C)N. The maximum Gasteiger partial charge on any atom is 0.274 e. The Morgan fingerprint density at radius 1 is 1.37 bits per heavy atom. The van der Waals surface area contributed by atoms with E-state index in [1.54, 1.807) is 33.8 Å². The Labute approximate surface area is 112 Å². The van der Waals surface area contributed by atoms with Crippen LogP contribution in [0.1, 0.15) is 31.4 Å². The first-order valence-electron chi connectivity index (χ1n) is 5.94. The minimum atomic E-state index is -0.616. The largest absolute Gasteiger partial charge is 0.326 e. The predicted octanol–water partition coefficient (Wildman–Crippen LogP) is 2.28. The predicted molar refractivity (Wildman–Crippen MR) is 74.1 cm³/mol. The van der Waals surface area contributed by atoms with Crippen molar-refractivity contribution in [3.8, 4) is 0 Å². The highest BCUT2D eigenvalue weighted by atomic mass is 16.6. The first-order chi connectivity index (χ1) is 8.60. The summed E-state index contributed by atoms with van der Waals surface area (Å²) in [6.07, 6.45) is 0.147. The number of carbonyl (C=O) groups excluding carboxylic acids is 1. The van der Waals surface area contributed by atoms with Gasteiger partial charge in [-0.05, 0) is 39.3 Å². The van der Waals surface area contributed by atoms with Gasteiger partial charge in [-0.1, -0.05) is 0 Å². The topological polar surface area (TPSA) is 98.3 Å². The Hall–Kier alpha value is -1.95. The summed E-state index contributed by atoms with van der Waals surface area (Å²) in [5, 5.41) is 13.5. The highest BCUT2D eigenvalue weighted by Gasteiger charge is 2.19. The molecule has 104 valence electrons. The monoisotopic (exact) mass is 265 g/mol. The maximum absolute atomic E-state index is 11.8. The van der Waals surface area contributed by atoms with Crippen molar-refractivity contribution in [3.63, 3.8) is 0 Å². The number of rotatable bonds is 4. The molecule has 3 N–H and O–H groups in total. The van der Waals surface area contributed by atoms with Crippen LogP contribution in [0.2, 0.25) is 0 Å². The molecule has 0 aliphatic rings. The molecule has 0 saturated heterocycles. The van der Waals surface area contributed by atoms with Crippen molar-refractivity contribution in [1.29, 1.82) is 0 Å². The van der Waals surface area contributed by atoms with Crippen LogP contribution in [0.15, 0.2) is 12.1 Å². The lowest BCUT2D eigenvalue weighted by atomic mass is 10.0. The molecular weight excluding hydrogens is 246 g/mol. The Morgan fingerprint density at radius 3 is 2.42 bits per heavy atom. The van der Waals surface area contributed by atoms with Gasteiger partial charge in [0.25, 0.3) is 5.69 Å². The molecule has 1 aromatic rings. The maximum atomic E-state index is 11.8. The van der Waals surface area contributed by atoms with E-state index in [1.165, 1.54) is 6.07 Å². The molecule has 0 unspecified atom stereocenters. The van der Waals surface area contributed by atoms with Crippen molar-refractivity contribution < 1.29 is 9.72 Å². The summed E-state index contributed by atoms with van der Waals surface area (Å²) in [5.41, 5.74) is 6.94. The summed E-state index contributed by atoms with van der Waals surface area (Å²) in [4.78, 5) is 22.2. The number of hydrogen-bond donors (Lipinski definition) is 2. The molecule has 0 spiro atoms. The number of benzene rings is 1. The van der Waals surface area contributed by atoms with Crippen LogP contribution in [-0.2, 0) is 4.79 Å². The van der Waals surface area contributed by atoms with E-state index in [0.717, 1.165) is 5.56 Å². The van der Waals surface area contributed by atoms with Crippen LogP contribution in [0.3, 0.4) is 0 Å². The molecule has 0 heterocycles. The van der Waals surface area contributed by atoms with Gasteiger partial charge in [0.2, 0.25) is 5.91 Å². The van der Waals surface area contributed by atoms with Crippen LogP contribution < -0.4 is 11.1 Å². The molecule has 0 aliphatic carbocycles. The van der Waals surface area contributed by atoms with Gasteiger partial charge in [-0.3, -0.25) is 14.9 Å². The van der Waals surface area contributed by atoms with Gasteiger partial charge < -0.3 is 11.1 Å². The third kappa shape index (κ3) is 4.33. The standard InChI is InChI=1S/C13H19N3O3/c1-8-5-9(2)11(16(18)19)6-10(8)15-12(17)7-13(3,4)14/h5-6H,7,14H2,1-4H3,(H,15,17). The summed E-state index contributed by atoms with van der Waals surface area (Å²) in [7, 11) is 0. The van der Waals surface area contributed by atoms with Crippen molar-refractivity contribution >= 4 is 17.3 Å². The third-order valence-electron chi connectivity index (χ3n) is 2.63. The van der Waals surface area contributed by atoms with Crippen molar-refractivity contribution in [2.45, 2.75) is 39.7 Å². The molecule has 0 bridgehead atoms. The molecule has 1 aromatic carbocycles. The minimum Gasteiger partial charge on any atom is -0.326 e. The molecule has 6 nitrogen and oxygen atoms in total. The zero-order chi connectivity index (χ0) is 14.8. The van der Waals surface area contributed by atoms with Crippen LogP contribution in [-0.4, -0.2) is 16.4 Å². The van der Waals surface area contributed by atoms with Crippen LogP contribution in [0.25, 0.3) is 0 Å². The molecule has 6 heteroatoms. The van der Waals surface area contributed by atoms with E-state index in [9.17, 15) is 14.9 Å². The molecule has 19 heavy (non-hydrogen) atoms. The van der Waals surface area contributed by atoms with E-state index < -0.39 is 10.5 Å². The number of carbonyl (C=O) groups is 1. The van der Waals surface area contributed by atoms with E-state index in [0.29, 0.717) is 11.3 Å². The number of nitrogens with two attached hydrogens (primary N) is 1. The lowest BCUT2D eigenvalue weighted by molar-refractivity contribution is -0.385. The van der Waals surface area contributed by atoms with Gasteiger partial charge in [0, 0.05) is 23.6 Å². The third-order valence-corrected chi connectivity index (χ3v) is 2.63. The number of nitrogens with one attached hydrogen (secondary N) is 1. The fourth-order valence-corrected chi connectivity index (χ4v) is 1.78. The van der Waals surface area contributed by atoms with Gasteiger partial charge in [0.05, 0.1) is 10.6 Å². The van der Waals surface area contributed by atoms with E-state index in [1.807, 2.05) is 0 Å². The molecule has 1 rings (SSSR count). The molecule has 0 fully saturated rings. The van der Waals surface area contributed by atoms with Crippen molar-refractivity contribution in [2.75, 3.05) is 5.32 Å². The number of nitro benzene ring substituents is 1. The Balaban J connectivity index is 2.99. The van der Waals surface area contributed by atoms with Gasteiger partial charge in [0.15, 0.2) is 0 Å². The van der Waals surface area contributed by atoms with Gasteiger partial charge >= 0.3 is 0 Å². The second kappa shape index (κ2) is 5.36. The quantitative estimate of drug-likeness (QED) is 0.644. The Kier molecular flexibility index (Phi) is 4.26. The summed E-state index contributed by atoms with van der Waals surface area (Å²) in [6, 6.07) is 3.06. The zero-order valence-electron chi connectivity index (χ0n) is 11.6. The Morgan fingerprint density at radius 2 is 1.95 bits per heavy atom. The van der Waals surface area contributed by atoms with Crippen LogP contribution in [0.4, 0.5) is 11.4 Å². The van der Waals surface area contributed by atoms with Crippen molar-refractivity contribution in [1.82, 2.24) is 0 Å². The fourth-order valence-electron chi connectivity index (χ4n) is 1.78. The van der Waals surface area contributed by atoms with Crippen LogP contribution in [0.5, 0.6) is 0 Å². The second-order valence-corrected chi connectivity index (χ2v) is 5.42. The molecule has 0 aliphatic heterocycles. The average molecular weight is 265 g/mol. The van der Waals surface area contributed by atoms with Crippen LogP contribution in [0, 0.1) is 24.0 Å². The van der Waals surface area contributed by atoms with Gasteiger partial charge in [-0.2, -0.15) is 0 Å². The number of nitro groups is 1. The van der Waals surface area contributed by atoms with Crippen LogP contribution >= 0.6 is 0 Å². The molecular formula is C13H19N3O3. The molecule has 0 atom stereocenters. The number of hydrogen-bond acceptors (Lipinski definition) is 4. The van der Waals surface area contributed by atoms with E-state index in [2.05, 4.69) is 5.32 Å². The van der Waals surface area contributed by atoms with E-state index in [-0.39, 0.29) is 18.0 Å². The molecule has 0 radical (unpaired) electrons. The number of amides is 1. The van der Waals surface area contributed by atoms with E-state index in [4.69, 9.17) is 5.73 Å². The number of nitrogens with zero attached hydrogens (tertiary/aromatic N) is 1. The van der Waals surface area contributed by atoms with Crippen molar-refractivity contribution in [3.05, 3.63) is 33.4 Å². The second-order valence-electron chi connectivity index (χ2n) is 5.42. The highest BCUT2D eigenvalue weighted by molar-refractivity contribution is 5.92. The minimum absolute atomic E-state index is 0.00657. The normalized spacial score (nSPS) is 11.2. The molecule has 1 amide bonds. The lowest BCUT2D eigenvalue weighted by Gasteiger charge is -2.18. The lowest BCUT2D eigenvalue weighted by Crippen LogP contribution is -2.36. The average Bonchev–Trinajstić information content (AvgIpc) is 2.18. The highest BCUT2D eigenvalue weighted by Crippen LogP contribution is 2.26. The number of aryl methyl sites for hydroxylation is 2. The van der Waals surface area contributed by atoms with Gasteiger partial charge in [-0.25, -0.2) is 0 Å². The van der Waals surface area contributed by atoms with E-state index >= 15 is 0 Å². The van der Waals surface area contributed by atoms with Gasteiger partial charge in [0.1, 0.15) is 0 Å². The van der Waals surface area contributed by atoms with Crippen molar-refractivity contribution in [2.24, 2.45) is 5.73 Å². The summed E-state index contributed by atoms with van der Waals surface area (Å²) in [6.45, 7) is 6.95. The number of anilines is 1. The summed E-state index contributed by atoms with van der Waals surface area (Å²) < 4.78 is 0. The molecule has 0 saturated carbocycles. The Bertz CT molecular complexity index is 519.